The molecule has 3 heteroatoms. The summed E-state index contributed by atoms with van der Waals surface area (Å²) in [5, 5.41) is 2.43. The molecular formula is C11H14FNO. The van der Waals surface area contributed by atoms with Gasteiger partial charge in [-0.3, -0.25) is 4.79 Å². The molecule has 0 aliphatic carbocycles. The normalized spacial score (nSPS) is 10.4. The van der Waals surface area contributed by atoms with E-state index in [1.54, 1.807) is 6.07 Å². The molecule has 0 spiro atoms. The monoisotopic (exact) mass is 195 g/mol. The van der Waals surface area contributed by atoms with Crippen molar-refractivity contribution in [3.63, 3.8) is 0 Å². The minimum Gasteiger partial charge on any atom is -0.324 e. The molecule has 0 unspecified atom stereocenters. The number of hydrogen-bond acceptors (Lipinski definition) is 1. The van der Waals surface area contributed by atoms with Crippen LogP contribution in [-0.2, 0) is 4.79 Å². The quantitative estimate of drug-likeness (QED) is 0.772. The largest absolute Gasteiger partial charge is 0.324 e. The van der Waals surface area contributed by atoms with E-state index in [-0.39, 0.29) is 23.3 Å². The lowest BCUT2D eigenvalue weighted by Gasteiger charge is -2.08. The molecular weight excluding hydrogens is 181 g/mol. The number of hydrogen-bond donors (Lipinski definition) is 1. The van der Waals surface area contributed by atoms with E-state index in [1.807, 2.05) is 19.9 Å². The maximum atomic E-state index is 13.4. The van der Waals surface area contributed by atoms with Crippen LogP contribution in [0.1, 0.15) is 32.3 Å². The van der Waals surface area contributed by atoms with E-state index in [4.69, 9.17) is 0 Å². The molecule has 1 N–H and O–H groups in total. The van der Waals surface area contributed by atoms with Gasteiger partial charge < -0.3 is 5.32 Å². The molecule has 0 aliphatic rings. The highest BCUT2D eigenvalue weighted by Crippen LogP contribution is 2.20. The first-order chi connectivity index (χ1) is 6.50. The van der Waals surface area contributed by atoms with Gasteiger partial charge >= 0.3 is 0 Å². The minimum absolute atomic E-state index is 0.238. The van der Waals surface area contributed by atoms with Gasteiger partial charge in [0.1, 0.15) is 5.82 Å². The van der Waals surface area contributed by atoms with Gasteiger partial charge in [-0.05, 0) is 23.6 Å². The van der Waals surface area contributed by atoms with Crippen LogP contribution < -0.4 is 5.32 Å². The number of amides is 1. The molecule has 1 amide bonds. The zero-order chi connectivity index (χ0) is 10.7. The predicted molar refractivity (Wildman–Crippen MR) is 54.8 cm³/mol. The summed E-state index contributed by atoms with van der Waals surface area (Å²) in [6.07, 6.45) is 0. The van der Waals surface area contributed by atoms with Gasteiger partial charge in [-0.1, -0.05) is 19.9 Å². The molecule has 1 aromatic rings. The van der Waals surface area contributed by atoms with E-state index >= 15 is 0 Å². The third kappa shape index (κ3) is 2.55. The zero-order valence-electron chi connectivity index (χ0n) is 8.60. The number of carbonyl (C=O) groups is 1. The van der Waals surface area contributed by atoms with Gasteiger partial charge in [0, 0.05) is 6.92 Å². The fourth-order valence-corrected chi connectivity index (χ4v) is 1.18. The fraction of sp³-hybridized carbons (Fsp3) is 0.364. The summed E-state index contributed by atoms with van der Waals surface area (Å²) in [6, 6.07) is 4.86. The van der Waals surface area contributed by atoms with Crippen molar-refractivity contribution >= 4 is 11.6 Å². The summed E-state index contributed by atoms with van der Waals surface area (Å²) in [5.41, 5.74) is 1.17. The van der Waals surface area contributed by atoms with Crippen LogP contribution in [0.15, 0.2) is 18.2 Å². The lowest BCUT2D eigenvalue weighted by Crippen LogP contribution is -2.07. The molecule has 0 heterocycles. The Bertz CT molecular complexity index is 347. The van der Waals surface area contributed by atoms with Crippen molar-refractivity contribution in [2.24, 2.45) is 0 Å². The smallest absolute Gasteiger partial charge is 0.221 e. The molecule has 0 radical (unpaired) electrons. The summed E-state index contributed by atoms with van der Waals surface area (Å²) in [5.74, 6) is -0.358. The molecule has 0 saturated carbocycles. The Morgan fingerprint density at radius 3 is 2.50 bits per heavy atom. The van der Waals surface area contributed by atoms with E-state index < -0.39 is 0 Å². The first-order valence-electron chi connectivity index (χ1n) is 4.57. The molecule has 0 bridgehead atoms. The van der Waals surface area contributed by atoms with Gasteiger partial charge in [-0.15, -0.1) is 0 Å². The molecule has 76 valence electrons. The standard InChI is InChI=1S/C11H14FNO/c1-7(2)9-4-5-11(10(12)6-9)13-8(3)14/h4-7H,1-3H3,(H,13,14). The lowest BCUT2D eigenvalue weighted by molar-refractivity contribution is -0.114. The third-order valence-electron chi connectivity index (χ3n) is 1.97. The van der Waals surface area contributed by atoms with E-state index in [0.29, 0.717) is 0 Å². The van der Waals surface area contributed by atoms with Gasteiger partial charge in [0.15, 0.2) is 0 Å². The molecule has 0 aromatic heterocycles. The second-order valence-electron chi connectivity index (χ2n) is 3.58. The summed E-state index contributed by atoms with van der Waals surface area (Å²) in [7, 11) is 0. The minimum atomic E-state index is -0.383. The molecule has 0 atom stereocenters. The predicted octanol–water partition coefficient (Wildman–Crippen LogP) is 2.91. The summed E-state index contributed by atoms with van der Waals surface area (Å²) >= 11 is 0. The van der Waals surface area contributed by atoms with Gasteiger partial charge in [-0.25, -0.2) is 4.39 Å². The highest BCUT2D eigenvalue weighted by molar-refractivity contribution is 5.88. The first-order valence-corrected chi connectivity index (χ1v) is 4.57. The number of carbonyl (C=O) groups excluding carboxylic acids is 1. The van der Waals surface area contributed by atoms with Crippen molar-refractivity contribution in [2.45, 2.75) is 26.7 Å². The van der Waals surface area contributed by atoms with E-state index in [2.05, 4.69) is 5.32 Å². The topological polar surface area (TPSA) is 29.1 Å². The Hall–Kier alpha value is -1.38. The van der Waals surface area contributed by atoms with E-state index in [1.165, 1.54) is 13.0 Å². The summed E-state index contributed by atoms with van der Waals surface area (Å²) in [4.78, 5) is 10.7. The van der Waals surface area contributed by atoms with E-state index in [9.17, 15) is 9.18 Å². The fourth-order valence-electron chi connectivity index (χ4n) is 1.18. The van der Waals surface area contributed by atoms with Crippen molar-refractivity contribution in [1.82, 2.24) is 0 Å². The van der Waals surface area contributed by atoms with Gasteiger partial charge in [0.25, 0.3) is 0 Å². The summed E-state index contributed by atoms with van der Waals surface area (Å²) in [6.45, 7) is 5.34. The molecule has 0 fully saturated rings. The zero-order valence-corrected chi connectivity index (χ0v) is 8.60. The van der Waals surface area contributed by atoms with Gasteiger partial charge in [0.2, 0.25) is 5.91 Å². The Balaban J connectivity index is 2.95. The molecule has 2 nitrogen and oxygen atoms in total. The van der Waals surface area contributed by atoms with Crippen LogP contribution in [-0.4, -0.2) is 5.91 Å². The Labute approximate surface area is 83.1 Å². The van der Waals surface area contributed by atoms with Crippen molar-refractivity contribution in [2.75, 3.05) is 5.32 Å². The van der Waals surface area contributed by atoms with Crippen molar-refractivity contribution < 1.29 is 9.18 Å². The number of halogens is 1. The maximum absolute atomic E-state index is 13.4. The Morgan fingerprint density at radius 1 is 1.43 bits per heavy atom. The average molecular weight is 195 g/mol. The highest BCUT2D eigenvalue weighted by atomic mass is 19.1. The molecule has 1 rings (SSSR count). The van der Waals surface area contributed by atoms with Crippen LogP contribution in [0.25, 0.3) is 0 Å². The van der Waals surface area contributed by atoms with Crippen LogP contribution >= 0.6 is 0 Å². The third-order valence-corrected chi connectivity index (χ3v) is 1.97. The highest BCUT2D eigenvalue weighted by Gasteiger charge is 2.06. The second-order valence-corrected chi connectivity index (χ2v) is 3.58. The Morgan fingerprint density at radius 2 is 2.07 bits per heavy atom. The molecule has 1 aromatic carbocycles. The van der Waals surface area contributed by atoms with Gasteiger partial charge in [0.05, 0.1) is 5.69 Å². The van der Waals surface area contributed by atoms with Crippen molar-refractivity contribution in [1.29, 1.82) is 0 Å². The lowest BCUT2D eigenvalue weighted by atomic mass is 10.0. The Kier molecular flexibility index (Phi) is 3.23. The number of rotatable bonds is 2. The molecule has 0 saturated heterocycles. The average Bonchev–Trinajstić information content (AvgIpc) is 2.07. The summed E-state index contributed by atoms with van der Waals surface area (Å²) < 4.78 is 13.4. The second kappa shape index (κ2) is 4.22. The van der Waals surface area contributed by atoms with E-state index in [0.717, 1.165) is 5.56 Å². The van der Waals surface area contributed by atoms with Crippen molar-refractivity contribution in [3.8, 4) is 0 Å². The number of nitrogens with one attached hydrogen (secondary N) is 1. The SMILES string of the molecule is CC(=O)Nc1ccc(C(C)C)cc1F. The molecule has 14 heavy (non-hydrogen) atoms. The van der Waals surface area contributed by atoms with Crippen LogP contribution in [0.5, 0.6) is 0 Å². The molecule has 0 aliphatic heterocycles. The number of benzene rings is 1. The van der Waals surface area contributed by atoms with Crippen LogP contribution in [0, 0.1) is 5.82 Å². The van der Waals surface area contributed by atoms with Crippen LogP contribution in [0.3, 0.4) is 0 Å². The van der Waals surface area contributed by atoms with Crippen LogP contribution in [0.4, 0.5) is 10.1 Å². The number of anilines is 1. The van der Waals surface area contributed by atoms with Crippen LogP contribution in [0.2, 0.25) is 0 Å². The van der Waals surface area contributed by atoms with Gasteiger partial charge in [-0.2, -0.15) is 0 Å². The first kappa shape index (κ1) is 10.7. The maximum Gasteiger partial charge on any atom is 0.221 e. The van der Waals surface area contributed by atoms with Crippen molar-refractivity contribution in [3.05, 3.63) is 29.6 Å².